The molecule has 2 heteroatoms. The molecule has 17 heavy (non-hydrogen) atoms. The molecule has 0 aromatic carbocycles. The van der Waals surface area contributed by atoms with Crippen LogP contribution >= 0.6 is 0 Å². The van der Waals surface area contributed by atoms with Gasteiger partial charge in [0.15, 0.2) is 0 Å². The van der Waals surface area contributed by atoms with E-state index in [1.165, 1.54) is 70.9 Å². The van der Waals surface area contributed by atoms with Crippen LogP contribution < -0.4 is 0 Å². The van der Waals surface area contributed by atoms with E-state index < -0.39 is 0 Å². The lowest BCUT2D eigenvalue weighted by Gasteiger charge is -2.56. The van der Waals surface area contributed by atoms with Crippen molar-refractivity contribution < 1.29 is 0 Å². The molecule has 0 spiro atoms. The van der Waals surface area contributed by atoms with Crippen LogP contribution in [0.1, 0.15) is 64.7 Å². The van der Waals surface area contributed by atoms with E-state index in [4.69, 9.17) is 0 Å². The number of hydrogen-bond donors (Lipinski definition) is 0. The molecule has 0 aliphatic carbocycles. The van der Waals surface area contributed by atoms with Crippen molar-refractivity contribution in [2.24, 2.45) is 0 Å². The first-order valence-electron chi connectivity index (χ1n) is 7.91. The maximum Gasteiger partial charge on any atom is 0.0627 e. The molecule has 0 unspecified atom stereocenters. The van der Waals surface area contributed by atoms with Crippen molar-refractivity contribution >= 4 is 0 Å². The van der Waals surface area contributed by atoms with Crippen LogP contribution in [0.4, 0.5) is 0 Å². The Balaban J connectivity index is 1.76. The van der Waals surface area contributed by atoms with Gasteiger partial charge in [-0.05, 0) is 58.0 Å². The van der Waals surface area contributed by atoms with Crippen molar-refractivity contribution in [2.45, 2.75) is 83.0 Å². The Morgan fingerprint density at radius 2 is 1.71 bits per heavy atom. The molecule has 3 atom stereocenters. The summed E-state index contributed by atoms with van der Waals surface area (Å²) in [6, 6.07) is 1.84. The first-order chi connectivity index (χ1) is 8.40. The third kappa shape index (κ3) is 2.26. The largest absolute Gasteiger partial charge is 0.285 e. The summed E-state index contributed by atoms with van der Waals surface area (Å²) in [7, 11) is 0. The van der Waals surface area contributed by atoms with Gasteiger partial charge in [0.1, 0.15) is 0 Å². The summed E-state index contributed by atoms with van der Waals surface area (Å²) in [4.78, 5) is 5.74. The molecular formula is C15H28N2. The van der Waals surface area contributed by atoms with Crippen LogP contribution in [0.25, 0.3) is 0 Å². The molecule has 3 aliphatic heterocycles. The summed E-state index contributed by atoms with van der Waals surface area (Å²) in [5.41, 5.74) is 0. The lowest BCUT2D eigenvalue weighted by molar-refractivity contribution is -0.0995. The second-order valence-corrected chi connectivity index (χ2v) is 6.28. The topological polar surface area (TPSA) is 6.48 Å². The average Bonchev–Trinajstić information content (AvgIpc) is 2.39. The zero-order chi connectivity index (χ0) is 11.7. The first-order valence-corrected chi connectivity index (χ1v) is 7.91. The van der Waals surface area contributed by atoms with Gasteiger partial charge in [-0.25, -0.2) is 0 Å². The molecule has 0 bridgehead atoms. The van der Waals surface area contributed by atoms with Crippen LogP contribution in [-0.4, -0.2) is 41.1 Å². The van der Waals surface area contributed by atoms with Crippen LogP contribution in [0, 0.1) is 0 Å². The van der Waals surface area contributed by atoms with Gasteiger partial charge in [-0.15, -0.1) is 0 Å². The van der Waals surface area contributed by atoms with Crippen LogP contribution in [0.5, 0.6) is 0 Å². The van der Waals surface area contributed by atoms with Gasteiger partial charge in [0.25, 0.3) is 0 Å². The highest BCUT2D eigenvalue weighted by Crippen LogP contribution is 2.37. The van der Waals surface area contributed by atoms with E-state index in [0.717, 1.165) is 18.2 Å². The number of rotatable bonds is 2. The van der Waals surface area contributed by atoms with E-state index in [-0.39, 0.29) is 0 Å². The van der Waals surface area contributed by atoms with Crippen LogP contribution in [0.15, 0.2) is 0 Å². The fraction of sp³-hybridized carbons (Fsp3) is 1.00. The van der Waals surface area contributed by atoms with Crippen LogP contribution in [0.2, 0.25) is 0 Å². The Morgan fingerprint density at radius 1 is 0.941 bits per heavy atom. The molecule has 3 saturated heterocycles. The van der Waals surface area contributed by atoms with Gasteiger partial charge in [0, 0.05) is 12.1 Å². The third-order valence-corrected chi connectivity index (χ3v) is 5.20. The Labute approximate surface area is 106 Å². The van der Waals surface area contributed by atoms with Gasteiger partial charge < -0.3 is 0 Å². The van der Waals surface area contributed by atoms with Gasteiger partial charge in [-0.3, -0.25) is 9.80 Å². The lowest BCUT2D eigenvalue weighted by Crippen LogP contribution is -2.64. The molecule has 0 saturated carbocycles. The normalized spacial score (nSPS) is 39.7. The number of piperidine rings is 2. The number of fused-ring (bicyclic) bond motifs is 3. The summed E-state index contributed by atoms with van der Waals surface area (Å²) < 4.78 is 0. The van der Waals surface area contributed by atoms with Gasteiger partial charge in [0.05, 0.1) is 6.17 Å². The van der Waals surface area contributed by atoms with E-state index in [9.17, 15) is 0 Å². The number of hydrogen-bond acceptors (Lipinski definition) is 2. The molecule has 3 fully saturated rings. The average molecular weight is 236 g/mol. The first kappa shape index (κ1) is 12.0. The highest BCUT2D eigenvalue weighted by Gasteiger charge is 2.42. The van der Waals surface area contributed by atoms with E-state index in [1.54, 1.807) is 0 Å². The Bertz CT molecular complexity index is 253. The minimum Gasteiger partial charge on any atom is -0.285 e. The van der Waals surface area contributed by atoms with Crippen LogP contribution in [-0.2, 0) is 0 Å². The Hall–Kier alpha value is -0.0800. The zero-order valence-electron chi connectivity index (χ0n) is 11.4. The SMILES string of the molecule is CCC[C@@H]1C[C@H]2CCCCN2[C@H]2CCCCN12. The standard InChI is InChI=1S/C15H28N2/c1-2-7-13-12-14-8-3-5-10-17(14)15-9-4-6-11-16(13)15/h13-15H,2-12H2,1H3/t13-,14-,15+/m1/s1. The predicted molar refractivity (Wildman–Crippen MR) is 72.0 cm³/mol. The van der Waals surface area contributed by atoms with Crippen molar-refractivity contribution in [1.82, 2.24) is 9.80 Å². The van der Waals surface area contributed by atoms with E-state index >= 15 is 0 Å². The fourth-order valence-electron chi connectivity index (χ4n) is 4.45. The maximum atomic E-state index is 2.87. The zero-order valence-corrected chi connectivity index (χ0v) is 11.4. The summed E-state index contributed by atoms with van der Waals surface area (Å²) in [6.07, 6.45) is 13.8. The summed E-state index contributed by atoms with van der Waals surface area (Å²) >= 11 is 0. The molecule has 2 nitrogen and oxygen atoms in total. The molecule has 98 valence electrons. The quantitative estimate of drug-likeness (QED) is 0.726. The summed E-state index contributed by atoms with van der Waals surface area (Å²) in [5.74, 6) is 0. The van der Waals surface area contributed by atoms with E-state index in [1.807, 2.05) is 0 Å². The molecule has 0 N–H and O–H groups in total. The highest BCUT2D eigenvalue weighted by atomic mass is 15.4. The molecule has 0 radical (unpaired) electrons. The van der Waals surface area contributed by atoms with E-state index in [0.29, 0.717) is 0 Å². The van der Waals surface area contributed by atoms with Crippen molar-refractivity contribution in [1.29, 1.82) is 0 Å². The van der Waals surface area contributed by atoms with Gasteiger partial charge in [-0.1, -0.05) is 19.8 Å². The van der Waals surface area contributed by atoms with E-state index in [2.05, 4.69) is 16.7 Å². The molecular weight excluding hydrogens is 208 g/mol. The third-order valence-electron chi connectivity index (χ3n) is 5.20. The predicted octanol–water partition coefficient (Wildman–Crippen LogP) is 3.23. The molecule has 3 heterocycles. The second-order valence-electron chi connectivity index (χ2n) is 6.28. The summed E-state index contributed by atoms with van der Waals surface area (Å²) in [5, 5.41) is 0. The van der Waals surface area contributed by atoms with Crippen LogP contribution in [0.3, 0.4) is 0 Å². The smallest absolute Gasteiger partial charge is 0.0627 e. The maximum absolute atomic E-state index is 2.87. The molecule has 3 rings (SSSR count). The lowest BCUT2D eigenvalue weighted by atomic mass is 9.86. The highest BCUT2D eigenvalue weighted by molar-refractivity contribution is 4.95. The second kappa shape index (κ2) is 5.27. The van der Waals surface area contributed by atoms with Gasteiger partial charge >= 0.3 is 0 Å². The van der Waals surface area contributed by atoms with Gasteiger partial charge in [0.2, 0.25) is 0 Å². The molecule has 0 amide bonds. The minimum absolute atomic E-state index is 0.819. The molecule has 0 aromatic heterocycles. The van der Waals surface area contributed by atoms with Crippen molar-refractivity contribution in [2.75, 3.05) is 13.1 Å². The molecule has 3 aliphatic rings. The molecule has 0 aromatic rings. The Kier molecular flexibility index (Phi) is 3.72. The Morgan fingerprint density at radius 3 is 2.53 bits per heavy atom. The fourth-order valence-corrected chi connectivity index (χ4v) is 4.45. The van der Waals surface area contributed by atoms with Crippen molar-refractivity contribution in [3.8, 4) is 0 Å². The van der Waals surface area contributed by atoms with Crippen molar-refractivity contribution in [3.05, 3.63) is 0 Å². The monoisotopic (exact) mass is 236 g/mol. The number of nitrogens with zero attached hydrogens (tertiary/aromatic N) is 2. The minimum atomic E-state index is 0.819. The summed E-state index contributed by atoms with van der Waals surface area (Å²) in [6.45, 7) is 5.11. The van der Waals surface area contributed by atoms with Crippen molar-refractivity contribution in [3.63, 3.8) is 0 Å². The van der Waals surface area contributed by atoms with Gasteiger partial charge in [-0.2, -0.15) is 0 Å².